The Morgan fingerprint density at radius 3 is 2.53 bits per heavy atom. The zero-order valence-corrected chi connectivity index (χ0v) is 16.6. The van der Waals surface area contributed by atoms with Gasteiger partial charge in [-0.3, -0.25) is 9.59 Å². The number of nitrogens with zero attached hydrogens (tertiary/aromatic N) is 2. The number of methoxy groups -OCH3 is 1. The molecule has 2 N–H and O–H groups in total. The van der Waals surface area contributed by atoms with E-state index in [4.69, 9.17) is 11.6 Å². The number of carbonyl (C=O) groups excluding carboxylic acids is 3. The maximum absolute atomic E-state index is 12.9. The fourth-order valence-corrected chi connectivity index (χ4v) is 3.31. The van der Waals surface area contributed by atoms with E-state index in [-0.39, 0.29) is 18.2 Å². The van der Waals surface area contributed by atoms with Crippen LogP contribution in [0.4, 0.5) is 11.5 Å². The van der Waals surface area contributed by atoms with Crippen LogP contribution in [-0.4, -0.2) is 34.7 Å². The molecule has 0 saturated heterocycles. The highest BCUT2D eigenvalue weighted by atomic mass is 35.5. The van der Waals surface area contributed by atoms with Crippen molar-refractivity contribution in [2.75, 3.05) is 17.7 Å². The van der Waals surface area contributed by atoms with Crippen molar-refractivity contribution in [3.63, 3.8) is 0 Å². The van der Waals surface area contributed by atoms with Crippen LogP contribution in [0.15, 0.2) is 54.6 Å². The minimum atomic E-state index is -0.810. The van der Waals surface area contributed by atoms with E-state index in [2.05, 4.69) is 20.5 Å². The summed E-state index contributed by atoms with van der Waals surface area (Å²) < 4.78 is 6.16. The average Bonchev–Trinajstić information content (AvgIpc) is 3.17. The summed E-state index contributed by atoms with van der Waals surface area (Å²) in [7, 11) is 1.30. The van der Waals surface area contributed by atoms with E-state index >= 15 is 0 Å². The van der Waals surface area contributed by atoms with E-state index in [1.165, 1.54) is 11.8 Å². The SMILES string of the molecule is COC(=O)c1ccc(NC(=O)C2CC(=O)Nc3cc(-c4ccc(Cl)cc4)nn32)cc1. The third kappa shape index (κ3) is 3.90. The molecule has 152 valence electrons. The molecule has 0 aliphatic carbocycles. The standard InChI is InChI=1S/C21H17ClN4O4/c1-30-21(29)13-4-8-15(9-5-13)23-20(28)17-11-19(27)24-18-10-16(25-26(17)18)12-2-6-14(22)7-3-12/h2-10,17H,11H2,1H3,(H,23,28)(H,24,27). The zero-order chi connectivity index (χ0) is 21.3. The lowest BCUT2D eigenvalue weighted by atomic mass is 10.1. The Morgan fingerprint density at radius 2 is 1.87 bits per heavy atom. The first-order chi connectivity index (χ1) is 14.4. The molecule has 1 unspecified atom stereocenters. The molecule has 30 heavy (non-hydrogen) atoms. The molecular weight excluding hydrogens is 408 g/mol. The summed E-state index contributed by atoms with van der Waals surface area (Å²) in [4.78, 5) is 36.5. The Bertz CT molecular complexity index is 1120. The van der Waals surface area contributed by atoms with Gasteiger partial charge in [-0.05, 0) is 36.4 Å². The Kier molecular flexibility index (Phi) is 5.24. The summed E-state index contributed by atoms with van der Waals surface area (Å²) in [6.45, 7) is 0. The molecular formula is C21H17ClN4O4. The van der Waals surface area contributed by atoms with E-state index in [1.807, 2.05) is 12.1 Å². The lowest BCUT2D eigenvalue weighted by Gasteiger charge is -2.23. The number of carbonyl (C=O) groups is 3. The molecule has 0 bridgehead atoms. The van der Waals surface area contributed by atoms with Crippen LogP contribution in [0.2, 0.25) is 5.02 Å². The van der Waals surface area contributed by atoms with Crippen molar-refractivity contribution in [3.8, 4) is 11.3 Å². The van der Waals surface area contributed by atoms with Gasteiger partial charge >= 0.3 is 5.97 Å². The van der Waals surface area contributed by atoms with Crippen LogP contribution in [0, 0.1) is 0 Å². The van der Waals surface area contributed by atoms with Crippen LogP contribution in [0.5, 0.6) is 0 Å². The minimum absolute atomic E-state index is 0.0409. The number of benzene rings is 2. The molecule has 2 aromatic carbocycles. The van der Waals surface area contributed by atoms with Gasteiger partial charge in [-0.2, -0.15) is 5.10 Å². The lowest BCUT2D eigenvalue weighted by Crippen LogP contribution is -2.35. The number of fused-ring (bicyclic) bond motifs is 1. The van der Waals surface area contributed by atoms with Crippen molar-refractivity contribution in [2.24, 2.45) is 0 Å². The molecule has 0 radical (unpaired) electrons. The second-order valence-electron chi connectivity index (χ2n) is 6.69. The highest BCUT2D eigenvalue weighted by Gasteiger charge is 2.32. The van der Waals surface area contributed by atoms with E-state index in [1.54, 1.807) is 42.5 Å². The largest absolute Gasteiger partial charge is 0.465 e. The minimum Gasteiger partial charge on any atom is -0.465 e. The van der Waals surface area contributed by atoms with Gasteiger partial charge in [0.25, 0.3) is 0 Å². The fraction of sp³-hybridized carbons (Fsp3) is 0.143. The van der Waals surface area contributed by atoms with Gasteiger partial charge in [0.15, 0.2) is 0 Å². The predicted octanol–water partition coefficient (Wildman–Crippen LogP) is 3.51. The number of hydrogen-bond donors (Lipinski definition) is 2. The number of nitrogens with one attached hydrogen (secondary N) is 2. The number of halogens is 1. The predicted molar refractivity (Wildman–Crippen MR) is 111 cm³/mol. The monoisotopic (exact) mass is 424 g/mol. The van der Waals surface area contributed by atoms with Crippen LogP contribution in [0.3, 0.4) is 0 Å². The summed E-state index contributed by atoms with van der Waals surface area (Å²) in [5.74, 6) is -0.681. The van der Waals surface area contributed by atoms with Gasteiger partial charge in [0.1, 0.15) is 11.9 Å². The Balaban J connectivity index is 1.57. The maximum atomic E-state index is 12.9. The molecule has 4 rings (SSSR count). The third-order valence-corrected chi connectivity index (χ3v) is 4.95. The fourth-order valence-electron chi connectivity index (χ4n) is 3.18. The van der Waals surface area contributed by atoms with Crippen molar-refractivity contribution >= 4 is 40.9 Å². The molecule has 0 spiro atoms. The van der Waals surface area contributed by atoms with Gasteiger partial charge in [0, 0.05) is 22.3 Å². The first kappa shape index (κ1) is 19.7. The van der Waals surface area contributed by atoms with E-state index in [0.29, 0.717) is 27.8 Å². The molecule has 0 fully saturated rings. The van der Waals surface area contributed by atoms with Gasteiger partial charge < -0.3 is 15.4 Å². The Hall–Kier alpha value is -3.65. The molecule has 1 aliphatic rings. The molecule has 8 nitrogen and oxygen atoms in total. The summed E-state index contributed by atoms with van der Waals surface area (Å²) in [5.41, 5.74) is 2.29. The quantitative estimate of drug-likeness (QED) is 0.624. The van der Waals surface area contributed by atoms with Gasteiger partial charge in [-0.1, -0.05) is 23.7 Å². The number of aromatic nitrogens is 2. The van der Waals surface area contributed by atoms with Crippen molar-refractivity contribution < 1.29 is 19.1 Å². The van der Waals surface area contributed by atoms with E-state index < -0.39 is 12.0 Å². The number of anilines is 2. The van der Waals surface area contributed by atoms with Crippen molar-refractivity contribution in [3.05, 3.63) is 65.2 Å². The van der Waals surface area contributed by atoms with Gasteiger partial charge in [-0.15, -0.1) is 0 Å². The Morgan fingerprint density at radius 1 is 1.17 bits per heavy atom. The number of rotatable bonds is 4. The van der Waals surface area contributed by atoms with Crippen molar-refractivity contribution in [1.82, 2.24) is 9.78 Å². The molecule has 3 aromatic rings. The molecule has 2 heterocycles. The van der Waals surface area contributed by atoms with Gasteiger partial charge in [0.05, 0.1) is 24.8 Å². The Labute approximate surface area is 176 Å². The number of amides is 2. The van der Waals surface area contributed by atoms with Crippen molar-refractivity contribution in [2.45, 2.75) is 12.5 Å². The summed E-state index contributed by atoms with van der Waals surface area (Å²) in [6.07, 6.45) is -0.0409. The number of hydrogen-bond acceptors (Lipinski definition) is 5. The topological polar surface area (TPSA) is 102 Å². The number of ether oxygens (including phenoxy) is 1. The maximum Gasteiger partial charge on any atom is 0.337 e. The lowest BCUT2D eigenvalue weighted by molar-refractivity contribution is -0.125. The zero-order valence-electron chi connectivity index (χ0n) is 15.9. The average molecular weight is 425 g/mol. The van der Waals surface area contributed by atoms with E-state index in [0.717, 1.165) is 5.56 Å². The van der Waals surface area contributed by atoms with Crippen LogP contribution in [0.1, 0.15) is 22.8 Å². The summed E-state index contributed by atoms with van der Waals surface area (Å²) in [6, 6.07) is 14.3. The summed E-state index contributed by atoms with van der Waals surface area (Å²) >= 11 is 5.94. The molecule has 1 aliphatic heterocycles. The van der Waals surface area contributed by atoms with E-state index in [9.17, 15) is 14.4 Å². The molecule has 9 heteroatoms. The normalized spacial score (nSPS) is 15.1. The molecule has 1 aromatic heterocycles. The third-order valence-electron chi connectivity index (χ3n) is 4.69. The second-order valence-corrected chi connectivity index (χ2v) is 7.13. The molecule has 0 saturated carbocycles. The first-order valence-corrected chi connectivity index (χ1v) is 9.47. The smallest absolute Gasteiger partial charge is 0.337 e. The van der Waals surface area contributed by atoms with Gasteiger partial charge in [-0.25, -0.2) is 9.48 Å². The van der Waals surface area contributed by atoms with Crippen LogP contribution >= 0.6 is 11.6 Å². The van der Waals surface area contributed by atoms with Crippen LogP contribution in [-0.2, 0) is 14.3 Å². The van der Waals surface area contributed by atoms with Gasteiger partial charge in [0.2, 0.25) is 11.8 Å². The molecule has 1 atom stereocenters. The highest BCUT2D eigenvalue weighted by molar-refractivity contribution is 6.30. The highest BCUT2D eigenvalue weighted by Crippen LogP contribution is 2.30. The van der Waals surface area contributed by atoms with Crippen molar-refractivity contribution in [1.29, 1.82) is 0 Å². The van der Waals surface area contributed by atoms with Crippen LogP contribution in [0.25, 0.3) is 11.3 Å². The molecule has 2 amide bonds. The van der Waals surface area contributed by atoms with Crippen LogP contribution < -0.4 is 10.6 Å². The second kappa shape index (κ2) is 8.00. The first-order valence-electron chi connectivity index (χ1n) is 9.09. The number of esters is 1. The summed E-state index contributed by atoms with van der Waals surface area (Å²) in [5, 5.41) is 10.6.